The molecule has 0 aliphatic carbocycles. The predicted octanol–water partition coefficient (Wildman–Crippen LogP) is 4.47. The number of hydrogen-bond acceptors (Lipinski definition) is 5. The predicted molar refractivity (Wildman–Crippen MR) is 103 cm³/mol. The molecule has 0 spiro atoms. The summed E-state index contributed by atoms with van der Waals surface area (Å²) in [5, 5.41) is 2.69. The van der Waals surface area contributed by atoms with Gasteiger partial charge in [-0.25, -0.2) is 13.8 Å². The average molecular weight is 386 g/mol. The zero-order chi connectivity index (χ0) is 20.3. The van der Waals surface area contributed by atoms with Crippen LogP contribution in [0.15, 0.2) is 38.7 Å². The molecule has 0 atom stereocenters. The lowest BCUT2D eigenvalue weighted by atomic mass is 10.1. The van der Waals surface area contributed by atoms with E-state index in [1.54, 1.807) is 19.3 Å². The molecule has 0 radical (unpaired) electrons. The molecule has 8 heteroatoms. The van der Waals surface area contributed by atoms with E-state index in [9.17, 15) is 13.6 Å². The van der Waals surface area contributed by atoms with Crippen LogP contribution in [0, 0.1) is 6.92 Å². The smallest absolute Gasteiger partial charge is 0.270 e. The molecule has 6 nitrogen and oxygen atoms in total. The second-order valence-corrected chi connectivity index (χ2v) is 7.76. The molecule has 0 unspecified atom stereocenters. The first kappa shape index (κ1) is 18.3. The van der Waals surface area contributed by atoms with Crippen LogP contribution in [-0.4, -0.2) is 35.1 Å². The minimum atomic E-state index is -3.00. The number of carbonyl (C=O) groups is 1. The number of nitrogens with one attached hydrogen (secondary N) is 1. The standard InChI is InChI=1S/C20H20F2N4O2/c1-11-14(17(27)24-13-7-5-6-12(8-13)20(4,21)22)15-16-25-19(2,3)9-26(16)10-23-18(15)28-11/h5-8,10H,9H2,1-4H3,(H,24,27). The minimum absolute atomic E-state index is 0.172. The van der Waals surface area contributed by atoms with Crippen molar-refractivity contribution in [2.24, 2.45) is 9.98 Å². The van der Waals surface area contributed by atoms with E-state index in [4.69, 9.17) is 9.41 Å². The third-order valence-electron chi connectivity index (χ3n) is 4.70. The SMILES string of the molecule is Cc1oc2c(c1C(=O)Nc1cccc(C(C)(F)F)c1)C1=NC(C)(C)CN1C=N2. The van der Waals surface area contributed by atoms with Crippen LogP contribution in [0.1, 0.15) is 48.0 Å². The molecule has 2 aliphatic heterocycles. The number of hydrogen-bond donors (Lipinski definition) is 1. The molecular weight excluding hydrogens is 366 g/mol. The number of carbonyl (C=O) groups excluding carboxylic acids is 1. The summed E-state index contributed by atoms with van der Waals surface area (Å²) in [6.07, 6.45) is 1.65. The summed E-state index contributed by atoms with van der Waals surface area (Å²) in [5.41, 5.74) is 0.627. The lowest BCUT2D eigenvalue weighted by Gasteiger charge is -2.20. The highest BCUT2D eigenvalue weighted by Gasteiger charge is 2.39. The van der Waals surface area contributed by atoms with E-state index in [2.05, 4.69) is 10.3 Å². The molecule has 0 saturated carbocycles. The van der Waals surface area contributed by atoms with Gasteiger partial charge in [-0.2, -0.15) is 0 Å². The van der Waals surface area contributed by atoms with Crippen molar-refractivity contribution in [3.05, 3.63) is 46.7 Å². The molecule has 0 fully saturated rings. The number of alkyl halides is 2. The molecule has 3 heterocycles. The highest BCUT2D eigenvalue weighted by atomic mass is 19.3. The van der Waals surface area contributed by atoms with Crippen molar-refractivity contribution >= 4 is 29.7 Å². The number of amides is 1. The third-order valence-corrected chi connectivity index (χ3v) is 4.70. The Morgan fingerprint density at radius 3 is 2.82 bits per heavy atom. The Balaban J connectivity index is 1.71. The van der Waals surface area contributed by atoms with E-state index in [0.717, 1.165) is 6.92 Å². The molecule has 1 aromatic carbocycles. The molecule has 1 N–H and O–H groups in total. The van der Waals surface area contributed by atoms with Crippen molar-refractivity contribution in [1.29, 1.82) is 0 Å². The van der Waals surface area contributed by atoms with Crippen molar-refractivity contribution in [2.75, 3.05) is 11.9 Å². The van der Waals surface area contributed by atoms with Gasteiger partial charge < -0.3 is 14.6 Å². The molecule has 146 valence electrons. The van der Waals surface area contributed by atoms with Crippen LogP contribution in [0.25, 0.3) is 0 Å². The van der Waals surface area contributed by atoms with Crippen molar-refractivity contribution < 1.29 is 18.0 Å². The quantitative estimate of drug-likeness (QED) is 0.846. The van der Waals surface area contributed by atoms with Gasteiger partial charge in [0.15, 0.2) is 0 Å². The Hall–Kier alpha value is -3.03. The van der Waals surface area contributed by atoms with Crippen LogP contribution in [0.5, 0.6) is 0 Å². The van der Waals surface area contributed by atoms with Gasteiger partial charge in [0.1, 0.15) is 17.9 Å². The number of halogens is 2. The van der Waals surface area contributed by atoms with Crippen molar-refractivity contribution in [2.45, 2.75) is 39.2 Å². The highest BCUT2D eigenvalue weighted by molar-refractivity contribution is 6.19. The third kappa shape index (κ3) is 3.08. The van der Waals surface area contributed by atoms with Crippen molar-refractivity contribution in [3.63, 3.8) is 0 Å². The molecule has 1 aromatic heterocycles. The first-order chi connectivity index (χ1) is 13.0. The number of furan rings is 1. The summed E-state index contributed by atoms with van der Waals surface area (Å²) in [6.45, 7) is 7.12. The summed E-state index contributed by atoms with van der Waals surface area (Å²) >= 11 is 0. The van der Waals surface area contributed by atoms with Gasteiger partial charge in [0, 0.05) is 18.2 Å². The van der Waals surface area contributed by atoms with Crippen molar-refractivity contribution in [3.8, 4) is 0 Å². The van der Waals surface area contributed by atoms with Crippen LogP contribution < -0.4 is 5.32 Å². The number of aliphatic imine (C=N–C) groups is 2. The first-order valence-electron chi connectivity index (χ1n) is 8.89. The Kier molecular flexibility index (Phi) is 3.92. The fourth-order valence-corrected chi connectivity index (χ4v) is 3.46. The summed E-state index contributed by atoms with van der Waals surface area (Å²) in [4.78, 5) is 23.9. The first-order valence-corrected chi connectivity index (χ1v) is 8.89. The number of anilines is 1. The topological polar surface area (TPSA) is 70.2 Å². The summed E-state index contributed by atoms with van der Waals surface area (Å²) in [6, 6.07) is 5.63. The van der Waals surface area contributed by atoms with Gasteiger partial charge in [0.25, 0.3) is 11.8 Å². The van der Waals surface area contributed by atoms with Gasteiger partial charge in [-0.1, -0.05) is 12.1 Å². The highest BCUT2D eigenvalue weighted by Crippen LogP contribution is 2.37. The maximum atomic E-state index is 13.6. The maximum Gasteiger partial charge on any atom is 0.270 e. The van der Waals surface area contributed by atoms with Gasteiger partial charge in [0.2, 0.25) is 5.88 Å². The Morgan fingerprint density at radius 1 is 1.36 bits per heavy atom. The van der Waals surface area contributed by atoms with E-state index in [1.807, 2.05) is 18.7 Å². The van der Waals surface area contributed by atoms with Crippen molar-refractivity contribution in [1.82, 2.24) is 4.90 Å². The lowest BCUT2D eigenvalue weighted by molar-refractivity contribution is 0.0175. The average Bonchev–Trinajstić information content (AvgIpc) is 3.08. The van der Waals surface area contributed by atoms with Gasteiger partial charge >= 0.3 is 0 Å². The van der Waals surface area contributed by atoms with Crippen LogP contribution >= 0.6 is 0 Å². The van der Waals surface area contributed by atoms with E-state index in [0.29, 0.717) is 35.2 Å². The number of amidine groups is 1. The number of benzene rings is 1. The second kappa shape index (κ2) is 5.98. The van der Waals surface area contributed by atoms with Crippen LogP contribution in [0.3, 0.4) is 0 Å². The minimum Gasteiger partial charge on any atom is -0.442 e. The molecule has 28 heavy (non-hydrogen) atoms. The largest absolute Gasteiger partial charge is 0.442 e. The fourth-order valence-electron chi connectivity index (χ4n) is 3.46. The van der Waals surface area contributed by atoms with Gasteiger partial charge in [0.05, 0.1) is 23.2 Å². The molecule has 2 aromatic rings. The van der Waals surface area contributed by atoms with Gasteiger partial charge in [-0.3, -0.25) is 9.79 Å². The molecule has 0 saturated heterocycles. The molecule has 4 rings (SSSR count). The summed E-state index contributed by atoms with van der Waals surface area (Å²) in [5.74, 6) is -2.10. The summed E-state index contributed by atoms with van der Waals surface area (Å²) in [7, 11) is 0. The fraction of sp³-hybridized carbons (Fsp3) is 0.350. The zero-order valence-corrected chi connectivity index (χ0v) is 16.0. The van der Waals surface area contributed by atoms with E-state index in [-0.39, 0.29) is 16.8 Å². The molecule has 1 amide bonds. The van der Waals surface area contributed by atoms with Crippen LogP contribution in [0.4, 0.5) is 20.4 Å². The normalized spacial score (nSPS) is 17.2. The van der Waals surface area contributed by atoms with E-state index >= 15 is 0 Å². The van der Waals surface area contributed by atoms with Crippen LogP contribution in [-0.2, 0) is 5.92 Å². The number of rotatable bonds is 3. The van der Waals surface area contributed by atoms with Crippen LogP contribution in [0.2, 0.25) is 0 Å². The molecular formula is C20H20F2N4O2. The summed E-state index contributed by atoms with van der Waals surface area (Å²) < 4.78 is 32.8. The number of fused-ring (bicyclic) bond motifs is 3. The van der Waals surface area contributed by atoms with E-state index < -0.39 is 11.8 Å². The van der Waals surface area contributed by atoms with Gasteiger partial charge in [-0.15, -0.1) is 0 Å². The maximum absolute atomic E-state index is 13.6. The number of nitrogens with zero attached hydrogens (tertiary/aromatic N) is 3. The Bertz CT molecular complexity index is 1030. The second-order valence-electron chi connectivity index (χ2n) is 7.76. The molecule has 0 bridgehead atoms. The Morgan fingerprint density at radius 2 is 2.11 bits per heavy atom. The van der Waals surface area contributed by atoms with Gasteiger partial charge in [-0.05, 0) is 32.9 Å². The zero-order valence-electron chi connectivity index (χ0n) is 16.0. The lowest BCUT2D eigenvalue weighted by Crippen LogP contribution is -2.33. The number of aryl methyl sites for hydroxylation is 1. The monoisotopic (exact) mass is 386 g/mol. The Labute approximate surface area is 161 Å². The van der Waals surface area contributed by atoms with E-state index in [1.165, 1.54) is 18.2 Å². The molecule has 2 aliphatic rings.